The van der Waals surface area contributed by atoms with Crippen LogP contribution in [0, 0.1) is 43.5 Å². The van der Waals surface area contributed by atoms with Crippen LogP contribution < -0.4 is 4.74 Å². The second-order valence-corrected chi connectivity index (χ2v) is 4.08. The molecule has 120 valence electrons. The van der Waals surface area contributed by atoms with Gasteiger partial charge in [0.25, 0.3) is 0 Å². The SMILES string of the molecule is O=[N+]([O-])c1cc(Oc2cc([N+](=O)[O-])c(F)cc2F)c(F)cc1F. The number of halogens is 4. The molecule has 0 fully saturated rings. The molecule has 0 radical (unpaired) electrons. The molecular weight excluding hydrogens is 328 g/mol. The van der Waals surface area contributed by atoms with Gasteiger partial charge in [-0.1, -0.05) is 0 Å². The van der Waals surface area contributed by atoms with Gasteiger partial charge in [0.1, 0.15) is 0 Å². The molecule has 0 saturated carbocycles. The van der Waals surface area contributed by atoms with Gasteiger partial charge in [0.05, 0.1) is 22.0 Å². The van der Waals surface area contributed by atoms with Crippen molar-refractivity contribution in [3.8, 4) is 11.5 Å². The van der Waals surface area contributed by atoms with E-state index in [0.29, 0.717) is 12.1 Å². The largest absolute Gasteiger partial charge is 0.451 e. The fourth-order valence-corrected chi connectivity index (χ4v) is 1.59. The van der Waals surface area contributed by atoms with Crippen molar-refractivity contribution in [2.45, 2.75) is 0 Å². The summed E-state index contributed by atoms with van der Waals surface area (Å²) in [6.07, 6.45) is 0. The monoisotopic (exact) mass is 332 g/mol. The summed E-state index contributed by atoms with van der Waals surface area (Å²) in [6.45, 7) is 0. The Balaban J connectivity index is 2.51. The number of hydrogen-bond donors (Lipinski definition) is 0. The lowest BCUT2D eigenvalue weighted by Crippen LogP contribution is -1.99. The Hall–Kier alpha value is -3.24. The minimum atomic E-state index is -1.49. The van der Waals surface area contributed by atoms with Crippen LogP contribution in [0.5, 0.6) is 11.5 Å². The summed E-state index contributed by atoms with van der Waals surface area (Å²) >= 11 is 0. The van der Waals surface area contributed by atoms with E-state index in [1.54, 1.807) is 0 Å². The summed E-state index contributed by atoms with van der Waals surface area (Å²) in [5.74, 6) is -7.74. The quantitative estimate of drug-likeness (QED) is 0.481. The lowest BCUT2D eigenvalue weighted by Gasteiger charge is -2.08. The van der Waals surface area contributed by atoms with E-state index in [2.05, 4.69) is 4.74 Å². The number of ether oxygens (including phenoxy) is 1. The van der Waals surface area contributed by atoms with Gasteiger partial charge >= 0.3 is 11.4 Å². The van der Waals surface area contributed by atoms with Crippen LogP contribution >= 0.6 is 0 Å². The minimum absolute atomic E-state index is 0.128. The van der Waals surface area contributed by atoms with Crippen LogP contribution in [0.25, 0.3) is 0 Å². The molecule has 0 N–H and O–H groups in total. The van der Waals surface area contributed by atoms with Gasteiger partial charge in [-0.25, -0.2) is 8.78 Å². The summed E-state index contributed by atoms with van der Waals surface area (Å²) < 4.78 is 58.0. The van der Waals surface area contributed by atoms with Crippen LogP contribution in [-0.4, -0.2) is 9.85 Å². The summed E-state index contributed by atoms with van der Waals surface area (Å²) in [7, 11) is 0. The molecule has 0 heterocycles. The van der Waals surface area contributed by atoms with Crippen molar-refractivity contribution in [3.05, 3.63) is 67.8 Å². The van der Waals surface area contributed by atoms with Crippen molar-refractivity contribution >= 4 is 11.4 Å². The first kappa shape index (κ1) is 16.1. The number of nitro benzene ring substituents is 2. The zero-order chi connectivity index (χ0) is 17.3. The highest BCUT2D eigenvalue weighted by Crippen LogP contribution is 2.34. The van der Waals surface area contributed by atoms with Gasteiger partial charge in [-0.15, -0.1) is 0 Å². The highest BCUT2D eigenvalue weighted by atomic mass is 19.1. The van der Waals surface area contributed by atoms with E-state index in [-0.39, 0.29) is 12.1 Å². The maximum absolute atomic E-state index is 13.5. The van der Waals surface area contributed by atoms with Crippen molar-refractivity contribution in [3.63, 3.8) is 0 Å². The summed E-state index contributed by atoms with van der Waals surface area (Å²) in [6, 6.07) is 0.922. The molecule has 11 heteroatoms. The summed E-state index contributed by atoms with van der Waals surface area (Å²) in [5, 5.41) is 21.1. The molecule has 0 unspecified atom stereocenters. The van der Waals surface area contributed by atoms with E-state index in [1.807, 2.05) is 0 Å². The second kappa shape index (κ2) is 5.87. The third-order valence-corrected chi connectivity index (χ3v) is 2.62. The first-order valence-corrected chi connectivity index (χ1v) is 5.65. The van der Waals surface area contributed by atoms with E-state index in [1.165, 1.54) is 0 Å². The molecule has 0 saturated heterocycles. The molecule has 23 heavy (non-hydrogen) atoms. The van der Waals surface area contributed by atoms with Crippen LogP contribution in [0.4, 0.5) is 28.9 Å². The number of benzene rings is 2. The van der Waals surface area contributed by atoms with Crippen LogP contribution in [0.15, 0.2) is 24.3 Å². The molecule has 0 bridgehead atoms. The maximum Gasteiger partial charge on any atom is 0.308 e. The van der Waals surface area contributed by atoms with Crippen molar-refractivity contribution in [2.75, 3.05) is 0 Å². The minimum Gasteiger partial charge on any atom is -0.451 e. The smallest absolute Gasteiger partial charge is 0.308 e. The Labute approximate surface area is 124 Å². The van der Waals surface area contributed by atoms with Crippen molar-refractivity contribution in [2.24, 2.45) is 0 Å². The zero-order valence-corrected chi connectivity index (χ0v) is 10.8. The molecule has 0 aliphatic rings. The molecule has 7 nitrogen and oxygen atoms in total. The Morgan fingerprint density at radius 1 is 0.696 bits per heavy atom. The Morgan fingerprint density at radius 2 is 1.04 bits per heavy atom. The fraction of sp³-hybridized carbons (Fsp3) is 0. The average Bonchev–Trinajstić information content (AvgIpc) is 2.43. The van der Waals surface area contributed by atoms with Gasteiger partial charge in [0.2, 0.25) is 11.6 Å². The van der Waals surface area contributed by atoms with E-state index in [9.17, 15) is 37.8 Å². The van der Waals surface area contributed by atoms with Crippen LogP contribution in [0.2, 0.25) is 0 Å². The van der Waals surface area contributed by atoms with Gasteiger partial charge in [-0.2, -0.15) is 8.78 Å². The van der Waals surface area contributed by atoms with Gasteiger partial charge in [-0.05, 0) is 0 Å². The maximum atomic E-state index is 13.5. The van der Waals surface area contributed by atoms with Crippen LogP contribution in [0.3, 0.4) is 0 Å². The number of hydrogen-bond acceptors (Lipinski definition) is 5. The third-order valence-electron chi connectivity index (χ3n) is 2.62. The molecule has 0 amide bonds. The standard InChI is InChI=1S/C12H4F4N2O5/c13-5-1-7(15)11(3-9(5)17(19)20)23-12-4-10(18(21)22)6(14)2-8(12)16/h1-4H. The van der Waals surface area contributed by atoms with Gasteiger partial charge in [-0.3, -0.25) is 20.2 Å². The predicted octanol–water partition coefficient (Wildman–Crippen LogP) is 3.85. The lowest BCUT2D eigenvalue weighted by atomic mass is 10.2. The first-order chi connectivity index (χ1) is 10.7. The predicted molar refractivity (Wildman–Crippen MR) is 66.1 cm³/mol. The highest BCUT2D eigenvalue weighted by Gasteiger charge is 2.23. The second-order valence-electron chi connectivity index (χ2n) is 4.08. The van der Waals surface area contributed by atoms with E-state index in [4.69, 9.17) is 0 Å². The topological polar surface area (TPSA) is 95.5 Å². The van der Waals surface area contributed by atoms with Gasteiger partial charge in [0.15, 0.2) is 23.1 Å². The normalized spacial score (nSPS) is 10.4. The van der Waals surface area contributed by atoms with Crippen molar-refractivity contribution < 1.29 is 32.1 Å². The molecule has 0 aliphatic carbocycles. The third kappa shape index (κ3) is 3.17. The van der Waals surface area contributed by atoms with E-state index in [0.717, 1.165) is 0 Å². The molecule has 0 aromatic heterocycles. The molecule has 0 aliphatic heterocycles. The Kier molecular flexibility index (Phi) is 4.12. The molecule has 0 atom stereocenters. The fourth-order valence-electron chi connectivity index (χ4n) is 1.59. The van der Waals surface area contributed by atoms with Gasteiger partial charge in [0, 0.05) is 12.1 Å². The Morgan fingerprint density at radius 3 is 1.35 bits per heavy atom. The molecule has 2 aromatic carbocycles. The van der Waals surface area contributed by atoms with Crippen molar-refractivity contribution in [1.82, 2.24) is 0 Å². The van der Waals surface area contributed by atoms with Crippen LogP contribution in [0.1, 0.15) is 0 Å². The molecule has 2 aromatic rings. The number of rotatable bonds is 4. The van der Waals surface area contributed by atoms with E-state index < -0.39 is 56.0 Å². The summed E-state index contributed by atoms with van der Waals surface area (Å²) in [5.41, 5.74) is -2.31. The van der Waals surface area contributed by atoms with Gasteiger partial charge < -0.3 is 4.74 Å². The molecule has 0 spiro atoms. The van der Waals surface area contributed by atoms with Crippen LogP contribution in [-0.2, 0) is 0 Å². The van der Waals surface area contributed by atoms with Crippen molar-refractivity contribution in [1.29, 1.82) is 0 Å². The number of nitrogens with zero attached hydrogens (tertiary/aromatic N) is 2. The highest BCUT2D eigenvalue weighted by molar-refractivity contribution is 5.46. The molecular formula is C12H4F4N2O5. The lowest BCUT2D eigenvalue weighted by molar-refractivity contribution is -0.387. The van der Waals surface area contributed by atoms with E-state index >= 15 is 0 Å². The Bertz CT molecular complexity index is 760. The number of nitro groups is 2. The average molecular weight is 332 g/mol. The molecule has 2 rings (SSSR count). The zero-order valence-electron chi connectivity index (χ0n) is 10.8. The first-order valence-electron chi connectivity index (χ1n) is 5.65. The summed E-state index contributed by atoms with van der Waals surface area (Å²) in [4.78, 5) is 18.8.